The van der Waals surface area contributed by atoms with Crippen molar-refractivity contribution in [1.29, 1.82) is 5.26 Å². The Morgan fingerprint density at radius 3 is 2.58 bits per heavy atom. The number of carbonyl (C=O) groups is 1. The maximum Gasteiger partial charge on any atom is 0.314 e. The SMILES string of the molecule is COc1ccc(O[C@H](C)C(=O)N(C)C2(C#N)CCCCC2)c([N+](=O)[O-])c1. The van der Waals surface area contributed by atoms with Crippen molar-refractivity contribution in [3.05, 3.63) is 28.3 Å². The minimum absolute atomic E-state index is 0.0142. The number of rotatable bonds is 6. The highest BCUT2D eigenvalue weighted by atomic mass is 16.6. The van der Waals surface area contributed by atoms with E-state index in [1.807, 2.05) is 0 Å². The molecule has 0 spiro atoms. The first-order valence-electron chi connectivity index (χ1n) is 8.52. The summed E-state index contributed by atoms with van der Waals surface area (Å²) < 4.78 is 10.6. The smallest absolute Gasteiger partial charge is 0.314 e. The van der Waals surface area contributed by atoms with Gasteiger partial charge in [0.05, 0.1) is 24.2 Å². The first-order chi connectivity index (χ1) is 12.3. The average molecular weight is 361 g/mol. The normalized spacial score (nSPS) is 16.8. The van der Waals surface area contributed by atoms with Gasteiger partial charge in [-0.15, -0.1) is 0 Å². The second kappa shape index (κ2) is 8.04. The highest BCUT2D eigenvalue weighted by Gasteiger charge is 2.40. The molecule has 0 unspecified atom stereocenters. The predicted molar refractivity (Wildman–Crippen MR) is 93.9 cm³/mol. The van der Waals surface area contributed by atoms with Crippen LogP contribution in [0, 0.1) is 21.4 Å². The first kappa shape index (κ1) is 19.5. The Balaban J connectivity index is 2.19. The van der Waals surface area contributed by atoms with Crippen molar-refractivity contribution in [2.24, 2.45) is 0 Å². The van der Waals surface area contributed by atoms with E-state index in [1.165, 1.54) is 37.1 Å². The van der Waals surface area contributed by atoms with Crippen molar-refractivity contribution in [3.63, 3.8) is 0 Å². The number of hydrogen-bond donors (Lipinski definition) is 0. The lowest BCUT2D eigenvalue weighted by Crippen LogP contribution is -2.53. The molecule has 0 saturated heterocycles. The van der Waals surface area contributed by atoms with Crippen LogP contribution in [-0.2, 0) is 4.79 Å². The molecular formula is C18H23N3O5. The Bertz CT molecular complexity index is 722. The third kappa shape index (κ3) is 3.87. The quantitative estimate of drug-likeness (QED) is 0.569. The second-order valence-electron chi connectivity index (χ2n) is 6.45. The lowest BCUT2D eigenvalue weighted by atomic mass is 9.81. The van der Waals surface area contributed by atoms with Gasteiger partial charge >= 0.3 is 5.69 Å². The fourth-order valence-corrected chi connectivity index (χ4v) is 3.25. The van der Waals surface area contributed by atoms with Gasteiger partial charge in [-0.05, 0) is 31.9 Å². The topological polar surface area (TPSA) is 106 Å². The fourth-order valence-electron chi connectivity index (χ4n) is 3.25. The molecule has 1 aromatic carbocycles. The molecule has 1 amide bonds. The number of likely N-dealkylation sites (N-methyl/N-ethyl adjacent to an activating group) is 1. The third-order valence-electron chi connectivity index (χ3n) is 4.88. The lowest BCUT2D eigenvalue weighted by Gasteiger charge is -2.39. The monoisotopic (exact) mass is 361 g/mol. The van der Waals surface area contributed by atoms with E-state index in [9.17, 15) is 20.2 Å². The minimum Gasteiger partial charge on any atom is -0.496 e. The van der Waals surface area contributed by atoms with E-state index >= 15 is 0 Å². The number of nitrogens with zero attached hydrogens (tertiary/aromatic N) is 3. The van der Waals surface area contributed by atoms with E-state index in [0.717, 1.165) is 19.3 Å². The zero-order chi connectivity index (χ0) is 19.3. The van der Waals surface area contributed by atoms with Crippen molar-refractivity contribution in [1.82, 2.24) is 4.90 Å². The van der Waals surface area contributed by atoms with Gasteiger partial charge in [0.1, 0.15) is 11.3 Å². The molecule has 26 heavy (non-hydrogen) atoms. The summed E-state index contributed by atoms with van der Waals surface area (Å²) in [6.45, 7) is 1.53. The van der Waals surface area contributed by atoms with E-state index in [0.29, 0.717) is 18.6 Å². The van der Waals surface area contributed by atoms with E-state index in [1.54, 1.807) is 7.05 Å². The summed E-state index contributed by atoms with van der Waals surface area (Å²) in [5.74, 6) is -0.0657. The molecule has 0 radical (unpaired) electrons. The van der Waals surface area contributed by atoms with Crippen molar-refractivity contribution in [2.75, 3.05) is 14.2 Å². The van der Waals surface area contributed by atoms with Crippen LogP contribution in [0.4, 0.5) is 5.69 Å². The number of methoxy groups -OCH3 is 1. The summed E-state index contributed by atoms with van der Waals surface area (Å²) >= 11 is 0. The van der Waals surface area contributed by atoms with Crippen LogP contribution in [-0.4, -0.2) is 41.5 Å². The Labute approximate surface area is 152 Å². The summed E-state index contributed by atoms with van der Waals surface area (Å²) in [5, 5.41) is 20.9. The van der Waals surface area contributed by atoms with Crippen molar-refractivity contribution in [3.8, 4) is 17.6 Å². The average Bonchev–Trinajstić information content (AvgIpc) is 2.67. The van der Waals surface area contributed by atoms with Crippen molar-refractivity contribution in [2.45, 2.75) is 50.7 Å². The van der Waals surface area contributed by atoms with Gasteiger partial charge in [-0.3, -0.25) is 14.9 Å². The number of nitro benzene ring substituents is 1. The predicted octanol–water partition coefficient (Wildman–Crippen LogP) is 3.06. The molecule has 0 heterocycles. The first-order valence-corrected chi connectivity index (χ1v) is 8.52. The van der Waals surface area contributed by atoms with Crippen LogP contribution in [0.25, 0.3) is 0 Å². The van der Waals surface area contributed by atoms with Gasteiger partial charge in [0.25, 0.3) is 5.91 Å². The standard InChI is InChI=1S/C18H23N3O5/c1-13(17(22)20(2)18(12-19)9-5-4-6-10-18)26-16-8-7-14(25-3)11-15(16)21(23)24/h7-8,11,13H,4-6,9-10H2,1-3H3/t13-/m1/s1. The molecule has 0 aromatic heterocycles. The molecule has 1 fully saturated rings. The van der Waals surface area contributed by atoms with Crippen LogP contribution in [0.5, 0.6) is 11.5 Å². The van der Waals surface area contributed by atoms with Crippen LogP contribution in [0.3, 0.4) is 0 Å². The maximum absolute atomic E-state index is 12.8. The highest BCUT2D eigenvalue weighted by molar-refractivity contribution is 5.82. The van der Waals surface area contributed by atoms with E-state index < -0.39 is 16.6 Å². The van der Waals surface area contributed by atoms with E-state index in [-0.39, 0.29) is 17.3 Å². The van der Waals surface area contributed by atoms with Gasteiger partial charge in [-0.2, -0.15) is 5.26 Å². The molecule has 1 aliphatic rings. The molecule has 0 aliphatic heterocycles. The largest absolute Gasteiger partial charge is 0.496 e. The van der Waals surface area contributed by atoms with Crippen LogP contribution < -0.4 is 9.47 Å². The molecule has 0 bridgehead atoms. The van der Waals surface area contributed by atoms with E-state index in [4.69, 9.17) is 9.47 Å². The van der Waals surface area contributed by atoms with Crippen LogP contribution >= 0.6 is 0 Å². The minimum atomic E-state index is -0.959. The molecule has 140 valence electrons. The molecule has 2 rings (SSSR count). The zero-order valence-corrected chi connectivity index (χ0v) is 15.2. The molecule has 0 N–H and O–H groups in total. The summed E-state index contributed by atoms with van der Waals surface area (Å²) in [7, 11) is 3.01. The number of benzene rings is 1. The number of hydrogen-bond acceptors (Lipinski definition) is 6. The maximum atomic E-state index is 12.8. The molecular weight excluding hydrogens is 338 g/mol. The Morgan fingerprint density at radius 2 is 2.04 bits per heavy atom. The highest BCUT2D eigenvalue weighted by Crippen LogP contribution is 2.34. The van der Waals surface area contributed by atoms with Gasteiger partial charge in [-0.25, -0.2) is 0 Å². The lowest BCUT2D eigenvalue weighted by molar-refractivity contribution is -0.386. The van der Waals surface area contributed by atoms with E-state index in [2.05, 4.69) is 6.07 Å². The fraction of sp³-hybridized carbons (Fsp3) is 0.556. The van der Waals surface area contributed by atoms with Crippen molar-refractivity contribution >= 4 is 11.6 Å². The molecule has 1 atom stereocenters. The van der Waals surface area contributed by atoms with Gasteiger partial charge in [0.2, 0.25) is 0 Å². The van der Waals surface area contributed by atoms with Crippen LogP contribution in [0.1, 0.15) is 39.0 Å². The third-order valence-corrected chi connectivity index (χ3v) is 4.88. The van der Waals surface area contributed by atoms with Crippen LogP contribution in [0.15, 0.2) is 18.2 Å². The summed E-state index contributed by atoms with van der Waals surface area (Å²) in [6.07, 6.45) is 3.13. The Kier molecular flexibility index (Phi) is 6.03. The number of amides is 1. The van der Waals surface area contributed by atoms with Gasteiger partial charge in [-0.1, -0.05) is 19.3 Å². The number of ether oxygens (including phenoxy) is 2. The van der Waals surface area contributed by atoms with Crippen LogP contribution in [0.2, 0.25) is 0 Å². The van der Waals surface area contributed by atoms with Crippen molar-refractivity contribution < 1.29 is 19.2 Å². The zero-order valence-electron chi connectivity index (χ0n) is 15.2. The summed E-state index contributed by atoms with van der Waals surface area (Å²) in [6, 6.07) is 6.46. The molecule has 8 heteroatoms. The Morgan fingerprint density at radius 1 is 1.38 bits per heavy atom. The summed E-state index contributed by atoms with van der Waals surface area (Å²) in [5.41, 5.74) is -1.11. The van der Waals surface area contributed by atoms with Gasteiger partial charge < -0.3 is 14.4 Å². The molecule has 1 aromatic rings. The number of nitro groups is 1. The van der Waals surface area contributed by atoms with Gasteiger partial charge in [0.15, 0.2) is 11.9 Å². The molecule has 1 aliphatic carbocycles. The molecule has 8 nitrogen and oxygen atoms in total. The molecule has 1 saturated carbocycles. The Hall–Kier alpha value is -2.82. The number of carbonyl (C=O) groups excluding carboxylic acids is 1. The number of nitriles is 1. The summed E-state index contributed by atoms with van der Waals surface area (Å²) in [4.78, 5) is 24.9. The van der Waals surface area contributed by atoms with Gasteiger partial charge in [0, 0.05) is 7.05 Å². The second-order valence-corrected chi connectivity index (χ2v) is 6.45.